The van der Waals surface area contributed by atoms with Crippen LogP contribution >= 0.6 is 0 Å². The molecule has 0 radical (unpaired) electrons. The standard InChI is InChI=1S/C10H19BO/c1-7(12-9-4-5-9)10(11)6-8-2-3-8/h7-10H,2-6,11H2,1H3. The van der Waals surface area contributed by atoms with Gasteiger partial charge in [-0.25, -0.2) is 0 Å². The first-order chi connectivity index (χ1) is 5.75. The smallest absolute Gasteiger partial charge is 0.108 e. The van der Waals surface area contributed by atoms with E-state index in [9.17, 15) is 0 Å². The number of hydrogen-bond donors (Lipinski definition) is 0. The molecule has 2 rings (SSSR count). The van der Waals surface area contributed by atoms with Crippen molar-refractivity contribution in [2.75, 3.05) is 0 Å². The predicted octanol–water partition coefficient (Wildman–Crippen LogP) is 1.78. The Bertz CT molecular complexity index is 134. The Kier molecular flexibility index (Phi) is 2.45. The Morgan fingerprint density at radius 1 is 1.33 bits per heavy atom. The van der Waals surface area contributed by atoms with Crippen LogP contribution in [0.3, 0.4) is 0 Å². The molecule has 0 aromatic rings. The van der Waals surface area contributed by atoms with Gasteiger partial charge >= 0.3 is 0 Å². The first-order valence-electron chi connectivity index (χ1n) is 5.41. The molecule has 0 N–H and O–H groups in total. The third-order valence-corrected chi connectivity index (χ3v) is 3.13. The number of ether oxygens (including phenoxy) is 1. The van der Waals surface area contributed by atoms with Crippen LogP contribution in [0.2, 0.25) is 5.82 Å². The molecule has 2 fully saturated rings. The summed E-state index contributed by atoms with van der Waals surface area (Å²) >= 11 is 0. The van der Waals surface area contributed by atoms with Gasteiger partial charge in [-0.1, -0.05) is 19.3 Å². The molecule has 68 valence electrons. The monoisotopic (exact) mass is 166 g/mol. The summed E-state index contributed by atoms with van der Waals surface area (Å²) in [6, 6.07) is 0. The fourth-order valence-corrected chi connectivity index (χ4v) is 1.71. The van der Waals surface area contributed by atoms with E-state index in [0.29, 0.717) is 12.2 Å². The van der Waals surface area contributed by atoms with E-state index in [4.69, 9.17) is 4.74 Å². The summed E-state index contributed by atoms with van der Waals surface area (Å²) in [7, 11) is 2.34. The maximum Gasteiger partial charge on any atom is 0.108 e. The first-order valence-corrected chi connectivity index (χ1v) is 5.41. The zero-order chi connectivity index (χ0) is 8.55. The Morgan fingerprint density at radius 3 is 2.50 bits per heavy atom. The van der Waals surface area contributed by atoms with Crippen molar-refractivity contribution >= 4 is 7.85 Å². The van der Waals surface area contributed by atoms with Crippen molar-refractivity contribution in [2.45, 2.75) is 57.1 Å². The molecule has 0 aliphatic heterocycles. The van der Waals surface area contributed by atoms with Crippen molar-refractivity contribution in [1.29, 1.82) is 0 Å². The Morgan fingerprint density at radius 2 is 2.00 bits per heavy atom. The van der Waals surface area contributed by atoms with Crippen LogP contribution in [0.1, 0.15) is 39.0 Å². The van der Waals surface area contributed by atoms with Gasteiger partial charge in [0.15, 0.2) is 0 Å². The molecular weight excluding hydrogens is 147 g/mol. The summed E-state index contributed by atoms with van der Waals surface area (Å²) in [6.45, 7) is 2.24. The van der Waals surface area contributed by atoms with E-state index in [-0.39, 0.29) is 0 Å². The lowest BCUT2D eigenvalue weighted by molar-refractivity contribution is 0.0455. The molecule has 0 aromatic heterocycles. The van der Waals surface area contributed by atoms with Gasteiger partial charge in [-0.3, -0.25) is 0 Å². The molecule has 0 spiro atoms. The molecule has 0 heterocycles. The molecule has 0 bridgehead atoms. The van der Waals surface area contributed by atoms with Crippen LogP contribution in [0.4, 0.5) is 0 Å². The molecule has 2 aliphatic carbocycles. The minimum atomic E-state index is 0.498. The largest absolute Gasteiger partial charge is 0.376 e. The van der Waals surface area contributed by atoms with Gasteiger partial charge in [-0.05, 0) is 31.5 Å². The molecule has 0 aromatic carbocycles. The van der Waals surface area contributed by atoms with Crippen LogP contribution in [0, 0.1) is 5.92 Å². The van der Waals surface area contributed by atoms with E-state index < -0.39 is 0 Å². The van der Waals surface area contributed by atoms with Gasteiger partial charge in [-0.15, -0.1) is 0 Å². The minimum Gasteiger partial charge on any atom is -0.376 e. The summed E-state index contributed by atoms with van der Waals surface area (Å²) in [6.07, 6.45) is 8.08. The lowest BCUT2D eigenvalue weighted by atomic mass is 9.79. The minimum absolute atomic E-state index is 0.498. The van der Waals surface area contributed by atoms with Gasteiger partial charge in [0.25, 0.3) is 0 Å². The van der Waals surface area contributed by atoms with Crippen LogP contribution < -0.4 is 0 Å². The van der Waals surface area contributed by atoms with Gasteiger partial charge in [-0.2, -0.15) is 0 Å². The fraction of sp³-hybridized carbons (Fsp3) is 1.00. The normalized spacial score (nSPS) is 28.4. The van der Waals surface area contributed by atoms with Crippen molar-refractivity contribution in [2.24, 2.45) is 5.92 Å². The molecule has 2 saturated carbocycles. The molecular formula is C10H19BO. The van der Waals surface area contributed by atoms with Crippen molar-refractivity contribution in [3.8, 4) is 0 Å². The van der Waals surface area contributed by atoms with Crippen molar-refractivity contribution in [3.05, 3.63) is 0 Å². The molecule has 2 unspecified atom stereocenters. The second kappa shape index (κ2) is 3.41. The maximum atomic E-state index is 5.85. The highest BCUT2D eigenvalue weighted by Crippen LogP contribution is 2.38. The van der Waals surface area contributed by atoms with E-state index >= 15 is 0 Å². The summed E-state index contributed by atoms with van der Waals surface area (Å²) in [5.74, 6) is 1.82. The van der Waals surface area contributed by atoms with E-state index in [1.165, 1.54) is 32.1 Å². The Hall–Kier alpha value is 0.0249. The van der Waals surface area contributed by atoms with Crippen molar-refractivity contribution in [3.63, 3.8) is 0 Å². The molecule has 2 atom stereocenters. The SMILES string of the molecule is BC(CC1CC1)C(C)OC1CC1. The maximum absolute atomic E-state index is 5.85. The first kappa shape index (κ1) is 8.62. The quantitative estimate of drug-likeness (QED) is 0.565. The molecule has 2 aliphatic rings. The third-order valence-electron chi connectivity index (χ3n) is 3.13. The van der Waals surface area contributed by atoms with E-state index in [2.05, 4.69) is 14.8 Å². The molecule has 2 heteroatoms. The fourth-order valence-electron chi connectivity index (χ4n) is 1.71. The summed E-state index contributed by atoms with van der Waals surface area (Å²) < 4.78 is 5.85. The van der Waals surface area contributed by atoms with Crippen LogP contribution in [0.5, 0.6) is 0 Å². The van der Waals surface area contributed by atoms with E-state index in [1.807, 2.05) is 0 Å². The lowest BCUT2D eigenvalue weighted by Gasteiger charge is -2.20. The molecule has 12 heavy (non-hydrogen) atoms. The van der Waals surface area contributed by atoms with Gasteiger partial charge in [0.1, 0.15) is 7.85 Å². The van der Waals surface area contributed by atoms with Crippen LogP contribution in [-0.2, 0) is 4.74 Å². The average Bonchev–Trinajstić information content (AvgIpc) is 2.79. The number of hydrogen-bond acceptors (Lipinski definition) is 1. The lowest BCUT2D eigenvalue weighted by Crippen LogP contribution is -2.17. The second-order valence-corrected chi connectivity index (χ2v) is 4.70. The Balaban J connectivity index is 1.65. The van der Waals surface area contributed by atoms with E-state index in [0.717, 1.165) is 11.7 Å². The zero-order valence-electron chi connectivity index (χ0n) is 8.25. The van der Waals surface area contributed by atoms with Gasteiger partial charge < -0.3 is 4.74 Å². The van der Waals surface area contributed by atoms with Gasteiger partial charge in [0.2, 0.25) is 0 Å². The summed E-state index contributed by atoms with van der Waals surface area (Å²) in [5.41, 5.74) is 0. The van der Waals surface area contributed by atoms with Crippen molar-refractivity contribution < 1.29 is 4.74 Å². The van der Waals surface area contributed by atoms with E-state index in [1.54, 1.807) is 0 Å². The van der Waals surface area contributed by atoms with Gasteiger partial charge in [0.05, 0.1) is 12.2 Å². The average molecular weight is 166 g/mol. The van der Waals surface area contributed by atoms with Crippen LogP contribution in [-0.4, -0.2) is 20.1 Å². The summed E-state index contributed by atoms with van der Waals surface area (Å²) in [4.78, 5) is 0. The molecule has 1 nitrogen and oxygen atoms in total. The van der Waals surface area contributed by atoms with Gasteiger partial charge in [0, 0.05) is 0 Å². The number of rotatable bonds is 5. The predicted molar refractivity (Wildman–Crippen MR) is 53.2 cm³/mol. The zero-order valence-corrected chi connectivity index (χ0v) is 8.25. The van der Waals surface area contributed by atoms with Crippen LogP contribution in [0.25, 0.3) is 0 Å². The highest BCUT2D eigenvalue weighted by molar-refractivity contribution is 6.12. The highest BCUT2D eigenvalue weighted by atomic mass is 16.5. The van der Waals surface area contributed by atoms with Crippen molar-refractivity contribution in [1.82, 2.24) is 0 Å². The highest BCUT2D eigenvalue weighted by Gasteiger charge is 2.30. The molecule has 0 amide bonds. The topological polar surface area (TPSA) is 9.23 Å². The third kappa shape index (κ3) is 2.51. The Labute approximate surface area is 76.3 Å². The molecule has 0 saturated heterocycles. The second-order valence-electron chi connectivity index (χ2n) is 4.70. The summed E-state index contributed by atoms with van der Waals surface area (Å²) in [5, 5.41) is 0. The van der Waals surface area contributed by atoms with Crippen LogP contribution in [0.15, 0.2) is 0 Å².